The summed E-state index contributed by atoms with van der Waals surface area (Å²) in [7, 11) is 3.59. The van der Waals surface area contributed by atoms with Gasteiger partial charge in [-0.25, -0.2) is 5.01 Å². The smallest absolute Gasteiger partial charge is 0.266 e. The first-order valence-electron chi connectivity index (χ1n) is 3.98. The second kappa shape index (κ2) is 4.59. The van der Waals surface area contributed by atoms with Crippen molar-refractivity contribution in [1.29, 1.82) is 0 Å². The predicted molar refractivity (Wildman–Crippen MR) is 50.7 cm³/mol. The van der Waals surface area contributed by atoms with Crippen LogP contribution < -0.4 is 11.0 Å². The van der Waals surface area contributed by atoms with E-state index in [1.165, 1.54) is 0 Å². The number of rotatable bonds is 3. The zero-order chi connectivity index (χ0) is 9.68. The first-order chi connectivity index (χ1) is 6.20. The Morgan fingerprint density at radius 2 is 1.85 bits per heavy atom. The summed E-state index contributed by atoms with van der Waals surface area (Å²) >= 11 is 0. The van der Waals surface area contributed by atoms with E-state index in [4.69, 9.17) is 0 Å². The number of benzene rings is 1. The number of amides is 1. The number of nitrogens with one attached hydrogen (secondary N) is 2. The van der Waals surface area contributed by atoms with Crippen LogP contribution >= 0.6 is 0 Å². The first kappa shape index (κ1) is 9.70. The van der Waals surface area contributed by atoms with Crippen molar-refractivity contribution < 1.29 is 4.79 Å². The van der Waals surface area contributed by atoms with Crippen LogP contribution in [0.25, 0.3) is 0 Å². The maximum absolute atomic E-state index is 11.3. The molecule has 0 aromatic heterocycles. The highest BCUT2D eigenvalue weighted by atomic mass is 16.2. The Morgan fingerprint density at radius 3 is 2.38 bits per heavy atom. The molecule has 0 unspecified atom stereocenters. The van der Waals surface area contributed by atoms with Crippen molar-refractivity contribution in [2.24, 2.45) is 0 Å². The molecule has 13 heavy (non-hydrogen) atoms. The number of hydrogen-bond acceptors (Lipinski definition) is 3. The van der Waals surface area contributed by atoms with Gasteiger partial charge in [-0.3, -0.25) is 10.2 Å². The summed E-state index contributed by atoms with van der Waals surface area (Å²) in [6.45, 7) is 0. The molecule has 0 aliphatic rings. The van der Waals surface area contributed by atoms with Gasteiger partial charge in [0.2, 0.25) is 0 Å². The van der Waals surface area contributed by atoms with Gasteiger partial charge < -0.3 is 0 Å². The van der Waals surface area contributed by atoms with E-state index in [9.17, 15) is 4.79 Å². The van der Waals surface area contributed by atoms with Crippen molar-refractivity contribution in [3.05, 3.63) is 35.9 Å². The van der Waals surface area contributed by atoms with Gasteiger partial charge in [0.25, 0.3) is 5.91 Å². The normalized spacial score (nSPS) is 10.1. The molecule has 1 amide bonds. The fourth-order valence-corrected chi connectivity index (χ4v) is 0.824. The molecule has 0 aliphatic carbocycles. The molecular formula is C9H13N3O. The van der Waals surface area contributed by atoms with Crippen LogP contribution in [0.3, 0.4) is 0 Å². The Kier molecular flexibility index (Phi) is 3.42. The summed E-state index contributed by atoms with van der Waals surface area (Å²) in [4.78, 5) is 11.3. The minimum atomic E-state index is -0.144. The molecule has 1 rings (SSSR count). The minimum absolute atomic E-state index is 0.144. The van der Waals surface area contributed by atoms with E-state index in [1.54, 1.807) is 31.2 Å². The molecule has 70 valence electrons. The summed E-state index contributed by atoms with van der Waals surface area (Å²) < 4.78 is 0. The molecule has 4 nitrogen and oxygen atoms in total. The second-order valence-electron chi connectivity index (χ2n) is 2.83. The average molecular weight is 179 g/mol. The molecule has 0 atom stereocenters. The summed E-state index contributed by atoms with van der Waals surface area (Å²) in [5.41, 5.74) is 5.85. The Labute approximate surface area is 77.5 Å². The molecule has 0 spiro atoms. The third-order valence-electron chi connectivity index (χ3n) is 1.43. The van der Waals surface area contributed by atoms with Gasteiger partial charge in [0, 0.05) is 19.7 Å². The van der Waals surface area contributed by atoms with Crippen molar-refractivity contribution in [1.82, 2.24) is 16.0 Å². The van der Waals surface area contributed by atoms with Crippen molar-refractivity contribution in [3.8, 4) is 0 Å². The fraction of sp³-hybridized carbons (Fsp3) is 0.222. The van der Waals surface area contributed by atoms with E-state index < -0.39 is 0 Å². The summed E-state index contributed by atoms with van der Waals surface area (Å²) in [6.07, 6.45) is 0. The zero-order valence-corrected chi connectivity index (χ0v) is 7.74. The lowest BCUT2D eigenvalue weighted by atomic mass is 10.2. The molecule has 0 heterocycles. The van der Waals surface area contributed by atoms with Crippen molar-refractivity contribution >= 4 is 5.91 Å². The number of hydrazine groups is 2. The molecule has 0 saturated carbocycles. The van der Waals surface area contributed by atoms with Gasteiger partial charge in [-0.1, -0.05) is 18.2 Å². The highest BCUT2D eigenvalue weighted by Crippen LogP contribution is 1.96. The molecule has 0 radical (unpaired) electrons. The SMILES string of the molecule is CN(C)NNC(=O)c1ccccc1. The van der Waals surface area contributed by atoms with Gasteiger partial charge in [-0.2, -0.15) is 5.53 Å². The lowest BCUT2D eigenvalue weighted by Gasteiger charge is -2.12. The summed E-state index contributed by atoms with van der Waals surface area (Å²) in [5, 5.41) is 1.65. The van der Waals surface area contributed by atoms with Gasteiger partial charge in [0.05, 0.1) is 0 Å². The van der Waals surface area contributed by atoms with E-state index in [1.807, 2.05) is 18.2 Å². The lowest BCUT2D eigenvalue weighted by molar-refractivity contribution is 0.0876. The molecule has 1 aromatic carbocycles. The standard InChI is InChI=1S/C9H13N3O/c1-12(2)11-10-9(13)8-6-4-3-5-7-8/h3-7,11H,1-2H3,(H,10,13). The maximum atomic E-state index is 11.3. The number of carbonyl (C=O) groups is 1. The Balaban J connectivity index is 2.50. The van der Waals surface area contributed by atoms with Crippen LogP contribution in [0.2, 0.25) is 0 Å². The summed E-state index contributed by atoms with van der Waals surface area (Å²) in [5.74, 6) is -0.144. The highest BCUT2D eigenvalue weighted by molar-refractivity contribution is 5.93. The zero-order valence-electron chi connectivity index (χ0n) is 7.74. The number of hydrogen-bond donors (Lipinski definition) is 2. The van der Waals surface area contributed by atoms with E-state index in [0.717, 1.165) is 0 Å². The van der Waals surface area contributed by atoms with Crippen LogP contribution in [0.4, 0.5) is 0 Å². The highest BCUT2D eigenvalue weighted by Gasteiger charge is 2.02. The van der Waals surface area contributed by atoms with E-state index in [-0.39, 0.29) is 5.91 Å². The topological polar surface area (TPSA) is 44.4 Å². The quantitative estimate of drug-likeness (QED) is 0.660. The van der Waals surface area contributed by atoms with Gasteiger partial charge in [0.15, 0.2) is 0 Å². The molecule has 1 aromatic rings. The Bertz CT molecular complexity index is 271. The Hall–Kier alpha value is -1.39. The second-order valence-corrected chi connectivity index (χ2v) is 2.83. The molecule has 0 aliphatic heterocycles. The van der Waals surface area contributed by atoms with Crippen LogP contribution in [0.1, 0.15) is 10.4 Å². The van der Waals surface area contributed by atoms with Crippen LogP contribution in [0.5, 0.6) is 0 Å². The fourth-order valence-electron chi connectivity index (χ4n) is 0.824. The number of carbonyl (C=O) groups excluding carboxylic acids is 1. The minimum Gasteiger partial charge on any atom is -0.274 e. The molecule has 2 N–H and O–H groups in total. The van der Waals surface area contributed by atoms with Gasteiger partial charge >= 0.3 is 0 Å². The maximum Gasteiger partial charge on any atom is 0.266 e. The summed E-state index contributed by atoms with van der Waals surface area (Å²) in [6, 6.07) is 9.03. The van der Waals surface area contributed by atoms with Crippen molar-refractivity contribution in [2.75, 3.05) is 14.1 Å². The average Bonchev–Trinajstić information content (AvgIpc) is 2.15. The van der Waals surface area contributed by atoms with E-state index in [0.29, 0.717) is 5.56 Å². The van der Waals surface area contributed by atoms with Crippen LogP contribution in [-0.4, -0.2) is 25.0 Å². The third kappa shape index (κ3) is 3.23. The molecule has 4 heteroatoms. The van der Waals surface area contributed by atoms with E-state index >= 15 is 0 Å². The predicted octanol–water partition coefficient (Wildman–Crippen LogP) is 0.398. The van der Waals surface area contributed by atoms with Crippen LogP contribution in [0, 0.1) is 0 Å². The monoisotopic (exact) mass is 179 g/mol. The van der Waals surface area contributed by atoms with Crippen LogP contribution in [-0.2, 0) is 0 Å². The van der Waals surface area contributed by atoms with Crippen molar-refractivity contribution in [2.45, 2.75) is 0 Å². The molecule has 0 bridgehead atoms. The van der Waals surface area contributed by atoms with Crippen LogP contribution in [0.15, 0.2) is 30.3 Å². The largest absolute Gasteiger partial charge is 0.274 e. The molecule has 0 fully saturated rings. The molecular weight excluding hydrogens is 166 g/mol. The van der Waals surface area contributed by atoms with Crippen molar-refractivity contribution in [3.63, 3.8) is 0 Å². The van der Waals surface area contributed by atoms with Gasteiger partial charge in [0.1, 0.15) is 0 Å². The number of nitrogens with zero attached hydrogens (tertiary/aromatic N) is 1. The van der Waals surface area contributed by atoms with E-state index in [2.05, 4.69) is 11.0 Å². The Morgan fingerprint density at radius 1 is 1.23 bits per heavy atom. The van der Waals surface area contributed by atoms with Gasteiger partial charge in [-0.15, -0.1) is 0 Å². The lowest BCUT2D eigenvalue weighted by Crippen LogP contribution is -2.45. The third-order valence-corrected chi connectivity index (χ3v) is 1.43. The molecule has 0 saturated heterocycles. The first-order valence-corrected chi connectivity index (χ1v) is 3.98. The van der Waals surface area contributed by atoms with Gasteiger partial charge in [-0.05, 0) is 12.1 Å².